The number of aliphatic carboxylic acids is 1. The predicted molar refractivity (Wildman–Crippen MR) is 82.5 cm³/mol. The minimum absolute atomic E-state index is 0.147. The highest BCUT2D eigenvalue weighted by Gasteiger charge is 2.27. The molecule has 1 atom stereocenters. The van der Waals surface area contributed by atoms with Gasteiger partial charge in [-0.05, 0) is 25.5 Å². The molecule has 0 saturated carbocycles. The van der Waals surface area contributed by atoms with Crippen LogP contribution < -0.4 is 0 Å². The van der Waals surface area contributed by atoms with Gasteiger partial charge in [-0.1, -0.05) is 29.8 Å². The van der Waals surface area contributed by atoms with Gasteiger partial charge in [0.05, 0.1) is 11.4 Å². The fourth-order valence-electron chi connectivity index (χ4n) is 2.89. The number of carboxylic acid groups (broad SMARTS) is 1. The van der Waals surface area contributed by atoms with Gasteiger partial charge in [-0.15, -0.1) is 11.3 Å². The zero-order chi connectivity index (χ0) is 14.1. The maximum atomic E-state index is 10.9. The van der Waals surface area contributed by atoms with Gasteiger partial charge in [0.1, 0.15) is 0 Å². The van der Waals surface area contributed by atoms with Crippen LogP contribution in [0.4, 0.5) is 0 Å². The standard InChI is InChI=1S/C15H16ClNO2S/c16-15-11-5-1-2-6-12(11)20-13(15)9-17-7-3-4-10(17)8-14(18)19/h1-2,5-6,10H,3-4,7-9H2,(H,18,19). The highest BCUT2D eigenvalue weighted by Crippen LogP contribution is 2.37. The molecule has 106 valence electrons. The van der Waals surface area contributed by atoms with Crippen molar-refractivity contribution in [3.05, 3.63) is 34.2 Å². The van der Waals surface area contributed by atoms with Crippen molar-refractivity contribution in [1.82, 2.24) is 4.90 Å². The first-order valence-corrected chi connectivity index (χ1v) is 7.96. The minimum Gasteiger partial charge on any atom is -0.481 e. The fraction of sp³-hybridized carbons (Fsp3) is 0.400. The van der Waals surface area contributed by atoms with Gasteiger partial charge in [0, 0.05) is 27.5 Å². The smallest absolute Gasteiger partial charge is 0.304 e. The van der Waals surface area contributed by atoms with E-state index in [0.717, 1.165) is 41.2 Å². The van der Waals surface area contributed by atoms with E-state index in [1.165, 1.54) is 4.70 Å². The number of nitrogens with zero attached hydrogens (tertiary/aromatic N) is 1. The highest BCUT2D eigenvalue weighted by molar-refractivity contribution is 7.19. The summed E-state index contributed by atoms with van der Waals surface area (Å²) in [5.74, 6) is -0.718. The Morgan fingerprint density at radius 3 is 3.00 bits per heavy atom. The van der Waals surface area contributed by atoms with Crippen LogP contribution in [0.15, 0.2) is 24.3 Å². The van der Waals surface area contributed by atoms with Crippen molar-refractivity contribution < 1.29 is 9.90 Å². The highest BCUT2D eigenvalue weighted by atomic mass is 35.5. The maximum absolute atomic E-state index is 10.9. The molecule has 0 spiro atoms. The van der Waals surface area contributed by atoms with Crippen LogP contribution in [0.1, 0.15) is 24.1 Å². The summed E-state index contributed by atoms with van der Waals surface area (Å²) in [4.78, 5) is 14.3. The van der Waals surface area contributed by atoms with Crippen molar-refractivity contribution in [3.63, 3.8) is 0 Å². The van der Waals surface area contributed by atoms with Gasteiger partial charge < -0.3 is 5.11 Å². The molecule has 1 fully saturated rings. The normalized spacial score (nSPS) is 19.8. The molecule has 1 aliphatic heterocycles. The van der Waals surface area contributed by atoms with Crippen molar-refractivity contribution in [2.45, 2.75) is 31.8 Å². The summed E-state index contributed by atoms with van der Waals surface area (Å²) in [6.07, 6.45) is 2.26. The van der Waals surface area contributed by atoms with Crippen molar-refractivity contribution in [2.75, 3.05) is 6.54 Å². The topological polar surface area (TPSA) is 40.5 Å². The van der Waals surface area contributed by atoms with Gasteiger partial charge in [0.2, 0.25) is 0 Å². The van der Waals surface area contributed by atoms with Gasteiger partial charge in [0.25, 0.3) is 0 Å². The largest absolute Gasteiger partial charge is 0.481 e. The molecule has 3 nitrogen and oxygen atoms in total. The molecule has 1 unspecified atom stereocenters. The lowest BCUT2D eigenvalue weighted by Gasteiger charge is -2.22. The molecule has 1 N–H and O–H groups in total. The summed E-state index contributed by atoms with van der Waals surface area (Å²) in [7, 11) is 0. The molecule has 2 aromatic rings. The summed E-state index contributed by atoms with van der Waals surface area (Å²) in [6.45, 7) is 1.72. The van der Waals surface area contributed by atoms with E-state index >= 15 is 0 Å². The van der Waals surface area contributed by atoms with Gasteiger partial charge in [-0.3, -0.25) is 9.69 Å². The van der Waals surface area contributed by atoms with E-state index in [0.29, 0.717) is 0 Å². The number of likely N-dealkylation sites (tertiary alicyclic amines) is 1. The average molecular weight is 310 g/mol. The van der Waals surface area contributed by atoms with Gasteiger partial charge in [-0.2, -0.15) is 0 Å². The minimum atomic E-state index is -0.718. The Hall–Kier alpha value is -1.10. The van der Waals surface area contributed by atoms with Crippen molar-refractivity contribution in [1.29, 1.82) is 0 Å². The van der Waals surface area contributed by atoms with Crippen LogP contribution in [0.2, 0.25) is 5.02 Å². The third-order valence-electron chi connectivity index (χ3n) is 3.86. The molecule has 20 heavy (non-hydrogen) atoms. The SMILES string of the molecule is O=C(O)CC1CCCN1Cc1sc2ccccc2c1Cl. The van der Waals surface area contributed by atoms with Gasteiger partial charge >= 0.3 is 5.97 Å². The van der Waals surface area contributed by atoms with E-state index < -0.39 is 5.97 Å². The number of hydrogen-bond donors (Lipinski definition) is 1. The first kappa shape index (κ1) is 13.9. The average Bonchev–Trinajstić information content (AvgIpc) is 2.96. The second kappa shape index (κ2) is 5.72. The van der Waals surface area contributed by atoms with E-state index in [-0.39, 0.29) is 12.5 Å². The first-order chi connectivity index (χ1) is 9.65. The van der Waals surface area contributed by atoms with Gasteiger partial charge in [-0.25, -0.2) is 0 Å². The summed E-state index contributed by atoms with van der Waals surface area (Å²) in [5.41, 5.74) is 0. The van der Waals surface area contributed by atoms with Crippen LogP contribution in [0, 0.1) is 0 Å². The number of fused-ring (bicyclic) bond motifs is 1. The molecule has 0 aliphatic carbocycles. The number of rotatable bonds is 4. The number of carbonyl (C=O) groups is 1. The lowest BCUT2D eigenvalue weighted by Crippen LogP contribution is -2.30. The van der Waals surface area contributed by atoms with Crippen LogP contribution in [-0.2, 0) is 11.3 Å². The predicted octanol–water partition coefficient (Wildman–Crippen LogP) is 3.99. The number of thiophene rings is 1. The van der Waals surface area contributed by atoms with E-state index in [2.05, 4.69) is 11.0 Å². The molecule has 1 aromatic carbocycles. The number of carboxylic acids is 1. The summed E-state index contributed by atoms with van der Waals surface area (Å²) in [6, 6.07) is 8.27. The Balaban J connectivity index is 1.82. The molecule has 1 saturated heterocycles. The van der Waals surface area contributed by atoms with E-state index in [4.69, 9.17) is 16.7 Å². The molecular weight excluding hydrogens is 294 g/mol. The molecular formula is C15H16ClNO2S. The third-order valence-corrected chi connectivity index (χ3v) is 5.56. The Morgan fingerprint density at radius 1 is 1.45 bits per heavy atom. The molecule has 1 aliphatic rings. The Morgan fingerprint density at radius 2 is 2.25 bits per heavy atom. The van der Waals surface area contributed by atoms with E-state index in [1.807, 2.05) is 18.2 Å². The molecule has 0 radical (unpaired) electrons. The zero-order valence-corrected chi connectivity index (χ0v) is 12.6. The van der Waals surface area contributed by atoms with Crippen LogP contribution in [-0.4, -0.2) is 28.6 Å². The maximum Gasteiger partial charge on any atom is 0.304 e. The van der Waals surface area contributed by atoms with Crippen LogP contribution in [0.5, 0.6) is 0 Å². The number of hydrogen-bond acceptors (Lipinski definition) is 3. The lowest BCUT2D eigenvalue weighted by atomic mass is 10.1. The molecule has 0 bridgehead atoms. The molecule has 3 rings (SSSR count). The first-order valence-electron chi connectivity index (χ1n) is 6.77. The Bertz CT molecular complexity index is 640. The van der Waals surface area contributed by atoms with Crippen molar-refractivity contribution in [3.8, 4) is 0 Å². The lowest BCUT2D eigenvalue weighted by molar-refractivity contribution is -0.138. The van der Waals surface area contributed by atoms with Crippen molar-refractivity contribution >= 4 is 39.0 Å². The molecule has 0 amide bonds. The Kier molecular flexibility index (Phi) is 3.96. The second-order valence-electron chi connectivity index (χ2n) is 5.20. The Labute approximate surface area is 126 Å². The fourth-order valence-corrected chi connectivity index (χ4v) is 4.41. The number of halogens is 1. The van der Waals surface area contributed by atoms with Crippen molar-refractivity contribution in [2.24, 2.45) is 0 Å². The third kappa shape index (κ3) is 2.68. The second-order valence-corrected chi connectivity index (χ2v) is 6.71. The van der Waals surface area contributed by atoms with Crippen LogP contribution >= 0.6 is 22.9 Å². The summed E-state index contributed by atoms with van der Waals surface area (Å²) >= 11 is 8.17. The monoisotopic (exact) mass is 309 g/mol. The molecule has 5 heteroatoms. The molecule has 1 aromatic heterocycles. The van der Waals surface area contributed by atoms with Gasteiger partial charge in [0.15, 0.2) is 0 Å². The number of benzene rings is 1. The molecule has 2 heterocycles. The van der Waals surface area contributed by atoms with Crippen LogP contribution in [0.25, 0.3) is 10.1 Å². The summed E-state index contributed by atoms with van der Waals surface area (Å²) < 4.78 is 1.20. The zero-order valence-electron chi connectivity index (χ0n) is 11.0. The summed E-state index contributed by atoms with van der Waals surface area (Å²) in [5, 5.41) is 10.9. The van der Waals surface area contributed by atoms with Crippen LogP contribution in [0.3, 0.4) is 0 Å². The van der Waals surface area contributed by atoms with E-state index in [9.17, 15) is 4.79 Å². The quantitative estimate of drug-likeness (QED) is 0.928. The van der Waals surface area contributed by atoms with E-state index in [1.54, 1.807) is 11.3 Å².